The summed E-state index contributed by atoms with van der Waals surface area (Å²) in [6.07, 6.45) is 1.78. The summed E-state index contributed by atoms with van der Waals surface area (Å²) in [6, 6.07) is 21.1. The molecule has 178 valence electrons. The number of nitrogens with one attached hydrogen (secondary N) is 1. The average molecular weight is 550 g/mol. The van der Waals surface area contributed by atoms with Crippen LogP contribution in [-0.2, 0) is 0 Å². The Hall–Kier alpha value is -3.36. The van der Waals surface area contributed by atoms with Crippen LogP contribution in [0.1, 0.15) is 29.1 Å². The Balaban J connectivity index is 1.65. The maximum atomic E-state index is 6.49. The molecule has 1 aliphatic rings. The van der Waals surface area contributed by atoms with Crippen molar-refractivity contribution in [2.45, 2.75) is 19.0 Å². The Kier molecular flexibility index (Phi) is 6.49. The second-order valence-electron chi connectivity index (χ2n) is 8.22. The van der Waals surface area contributed by atoms with Crippen molar-refractivity contribution in [3.8, 4) is 22.8 Å². The average Bonchev–Trinajstić information content (AvgIpc) is 3.48. The molecule has 1 saturated heterocycles. The van der Waals surface area contributed by atoms with Crippen LogP contribution in [0.4, 0.5) is 5.69 Å². The number of ether oxygens (including phenoxy) is 2. The van der Waals surface area contributed by atoms with Crippen LogP contribution in [0, 0.1) is 6.92 Å². The van der Waals surface area contributed by atoms with E-state index in [0.717, 1.165) is 32.9 Å². The lowest BCUT2D eigenvalue weighted by Gasteiger charge is -2.27. The molecule has 0 unspecified atom stereocenters. The van der Waals surface area contributed by atoms with Gasteiger partial charge in [0.1, 0.15) is 29.1 Å². The van der Waals surface area contributed by atoms with E-state index in [-0.39, 0.29) is 12.1 Å². The molecule has 0 radical (unpaired) electrons. The van der Waals surface area contributed by atoms with E-state index in [2.05, 4.69) is 51.4 Å². The Morgan fingerprint density at radius 3 is 2.60 bits per heavy atom. The zero-order valence-corrected chi connectivity index (χ0v) is 21.9. The van der Waals surface area contributed by atoms with Crippen LogP contribution in [0.5, 0.6) is 11.5 Å². The Labute approximate surface area is 218 Å². The summed E-state index contributed by atoms with van der Waals surface area (Å²) < 4.78 is 18.7. The van der Waals surface area contributed by atoms with Crippen molar-refractivity contribution in [2.24, 2.45) is 0 Å². The van der Waals surface area contributed by atoms with Crippen LogP contribution in [0.15, 0.2) is 81.8 Å². The number of benzene rings is 2. The van der Waals surface area contributed by atoms with Gasteiger partial charge in [-0.1, -0.05) is 28.1 Å². The molecule has 0 saturated carbocycles. The van der Waals surface area contributed by atoms with E-state index in [1.165, 1.54) is 5.56 Å². The highest BCUT2D eigenvalue weighted by Gasteiger charge is 2.43. The summed E-state index contributed by atoms with van der Waals surface area (Å²) in [5.74, 6) is 2.89. The van der Waals surface area contributed by atoms with Crippen LogP contribution >= 0.6 is 28.1 Å². The zero-order chi connectivity index (χ0) is 24.5. The summed E-state index contributed by atoms with van der Waals surface area (Å²) >= 11 is 9.51. The highest BCUT2D eigenvalue weighted by Crippen LogP contribution is 2.46. The molecule has 4 aromatic rings. The third kappa shape index (κ3) is 4.39. The van der Waals surface area contributed by atoms with Crippen molar-refractivity contribution < 1.29 is 13.9 Å². The van der Waals surface area contributed by atoms with E-state index >= 15 is 0 Å². The molecule has 2 atom stereocenters. The SMILES string of the molecule is COc1ccc(OC)c(N2C(=S)N[C@@H](c3ccccn3)[C@H]2c2ccc(-c3ccc(C)cc3Br)o2)c1. The van der Waals surface area contributed by atoms with Gasteiger partial charge in [-0.3, -0.25) is 4.98 Å². The number of aryl methyl sites for hydroxylation is 1. The van der Waals surface area contributed by atoms with E-state index in [1.54, 1.807) is 20.4 Å². The van der Waals surface area contributed by atoms with Gasteiger partial charge in [-0.2, -0.15) is 0 Å². The van der Waals surface area contributed by atoms with Crippen molar-refractivity contribution in [1.82, 2.24) is 10.3 Å². The summed E-state index contributed by atoms with van der Waals surface area (Å²) in [4.78, 5) is 6.63. The number of halogens is 1. The summed E-state index contributed by atoms with van der Waals surface area (Å²) in [6.45, 7) is 2.06. The summed E-state index contributed by atoms with van der Waals surface area (Å²) in [5, 5.41) is 4.00. The maximum Gasteiger partial charge on any atom is 0.174 e. The van der Waals surface area contributed by atoms with Gasteiger partial charge in [-0.25, -0.2) is 0 Å². The van der Waals surface area contributed by atoms with Gasteiger partial charge in [0.15, 0.2) is 5.11 Å². The van der Waals surface area contributed by atoms with Gasteiger partial charge in [0.05, 0.1) is 31.6 Å². The standard InChI is InChI=1S/C27H24BrN3O3S/c1-16-7-9-18(19(28)14-16)22-11-12-24(34-22)26-25(20-6-4-5-13-29-20)30-27(35)31(26)21-15-17(32-2)8-10-23(21)33-3/h4-15,25-26H,1-3H3,(H,30,35)/t25-,26+/m0/s1. The summed E-state index contributed by atoms with van der Waals surface area (Å²) in [5.41, 5.74) is 3.79. The number of methoxy groups -OCH3 is 2. The number of hydrogen-bond acceptors (Lipinski definition) is 5. The predicted molar refractivity (Wildman–Crippen MR) is 144 cm³/mol. The van der Waals surface area contributed by atoms with Crippen LogP contribution in [0.3, 0.4) is 0 Å². The van der Waals surface area contributed by atoms with E-state index in [4.69, 9.17) is 26.1 Å². The minimum absolute atomic E-state index is 0.236. The van der Waals surface area contributed by atoms with Crippen molar-refractivity contribution in [1.29, 1.82) is 0 Å². The molecule has 35 heavy (non-hydrogen) atoms. The van der Waals surface area contributed by atoms with Crippen LogP contribution in [0.25, 0.3) is 11.3 Å². The fourth-order valence-electron chi connectivity index (χ4n) is 4.36. The molecular weight excluding hydrogens is 526 g/mol. The first-order valence-corrected chi connectivity index (χ1v) is 12.3. The molecule has 1 N–H and O–H groups in total. The maximum absolute atomic E-state index is 6.49. The Morgan fingerprint density at radius 1 is 1.03 bits per heavy atom. The van der Waals surface area contributed by atoms with Gasteiger partial charge in [0.2, 0.25) is 0 Å². The van der Waals surface area contributed by atoms with Crippen LogP contribution in [-0.4, -0.2) is 24.3 Å². The van der Waals surface area contributed by atoms with Crippen LogP contribution < -0.4 is 19.7 Å². The number of anilines is 1. The molecule has 3 heterocycles. The Morgan fingerprint density at radius 2 is 1.89 bits per heavy atom. The molecule has 0 spiro atoms. The molecule has 2 aromatic heterocycles. The normalized spacial score (nSPS) is 17.4. The lowest BCUT2D eigenvalue weighted by atomic mass is 10.0. The van der Waals surface area contributed by atoms with Gasteiger partial charge >= 0.3 is 0 Å². The lowest BCUT2D eigenvalue weighted by Crippen LogP contribution is -2.29. The predicted octanol–water partition coefficient (Wildman–Crippen LogP) is 6.61. The first kappa shape index (κ1) is 23.4. The topological polar surface area (TPSA) is 59.8 Å². The fourth-order valence-corrected chi connectivity index (χ4v) is 5.39. The molecule has 0 amide bonds. The first-order valence-electron chi connectivity index (χ1n) is 11.1. The molecule has 8 heteroatoms. The number of nitrogens with zero attached hydrogens (tertiary/aromatic N) is 2. The van der Waals surface area contributed by atoms with E-state index < -0.39 is 0 Å². The third-order valence-electron chi connectivity index (χ3n) is 6.05. The van der Waals surface area contributed by atoms with Gasteiger partial charge in [-0.15, -0.1) is 0 Å². The van der Waals surface area contributed by atoms with Gasteiger partial charge in [-0.05, 0) is 73.2 Å². The molecule has 1 aliphatic heterocycles. The number of rotatable bonds is 6. The highest BCUT2D eigenvalue weighted by atomic mass is 79.9. The molecule has 0 bridgehead atoms. The van der Waals surface area contributed by atoms with E-state index in [1.807, 2.05) is 53.4 Å². The second kappa shape index (κ2) is 9.71. The molecule has 5 rings (SSSR count). The van der Waals surface area contributed by atoms with Crippen molar-refractivity contribution >= 4 is 38.9 Å². The summed E-state index contributed by atoms with van der Waals surface area (Å²) in [7, 11) is 3.28. The van der Waals surface area contributed by atoms with E-state index in [9.17, 15) is 0 Å². The van der Waals surface area contributed by atoms with Crippen LogP contribution in [0.2, 0.25) is 0 Å². The number of pyridine rings is 1. The molecule has 6 nitrogen and oxygen atoms in total. The molecule has 2 aromatic carbocycles. The zero-order valence-electron chi connectivity index (χ0n) is 19.5. The minimum Gasteiger partial charge on any atom is -0.497 e. The quantitative estimate of drug-likeness (QED) is 0.271. The number of furan rings is 1. The monoisotopic (exact) mass is 549 g/mol. The van der Waals surface area contributed by atoms with E-state index in [0.29, 0.717) is 16.6 Å². The highest BCUT2D eigenvalue weighted by molar-refractivity contribution is 9.10. The largest absolute Gasteiger partial charge is 0.497 e. The fraction of sp³-hybridized carbons (Fsp3) is 0.185. The lowest BCUT2D eigenvalue weighted by molar-refractivity contribution is 0.400. The third-order valence-corrected chi connectivity index (χ3v) is 7.02. The number of aromatic nitrogens is 1. The second-order valence-corrected chi connectivity index (χ2v) is 9.46. The molecule has 0 aliphatic carbocycles. The first-order chi connectivity index (χ1) is 17.0. The van der Waals surface area contributed by atoms with Gasteiger partial charge < -0.3 is 24.1 Å². The molecular formula is C27H24BrN3O3S. The molecule has 1 fully saturated rings. The smallest absolute Gasteiger partial charge is 0.174 e. The minimum atomic E-state index is -0.309. The Bertz CT molecular complexity index is 1380. The van der Waals surface area contributed by atoms with Crippen molar-refractivity contribution in [2.75, 3.05) is 19.1 Å². The van der Waals surface area contributed by atoms with Gasteiger partial charge in [0, 0.05) is 22.3 Å². The van der Waals surface area contributed by atoms with Crippen molar-refractivity contribution in [3.05, 3.63) is 94.4 Å². The number of thiocarbonyl (C=S) groups is 1. The number of hydrogen-bond donors (Lipinski definition) is 1. The van der Waals surface area contributed by atoms with Crippen molar-refractivity contribution in [3.63, 3.8) is 0 Å². The van der Waals surface area contributed by atoms with Gasteiger partial charge in [0.25, 0.3) is 0 Å².